The molecule has 0 radical (unpaired) electrons. The van der Waals surface area contributed by atoms with E-state index in [0.717, 1.165) is 5.56 Å². The van der Waals surface area contributed by atoms with Gasteiger partial charge < -0.3 is 21.9 Å². The highest BCUT2D eigenvalue weighted by Gasteiger charge is 1.98. The van der Waals surface area contributed by atoms with E-state index in [1.807, 2.05) is 0 Å². The fourth-order valence-corrected chi connectivity index (χ4v) is 1.65. The van der Waals surface area contributed by atoms with E-state index in [2.05, 4.69) is 9.98 Å². The van der Waals surface area contributed by atoms with Gasteiger partial charge in [0.1, 0.15) is 18.2 Å². The standard InChI is InChI=1S/C15H16FN5O/c16-11-3-1-10(2-4-11)9-22-13-7-5-12(6-8-13)20-15(19)21-14(17)18/h1-8H,9H2,(H6,17,18,19,20,21). The van der Waals surface area contributed by atoms with Gasteiger partial charge in [-0.25, -0.2) is 9.38 Å². The number of benzene rings is 2. The zero-order valence-corrected chi connectivity index (χ0v) is 11.7. The molecule has 0 atom stereocenters. The molecule has 0 bridgehead atoms. The topological polar surface area (TPSA) is 112 Å². The quantitative estimate of drug-likeness (QED) is 0.588. The van der Waals surface area contributed by atoms with Gasteiger partial charge in [0.15, 0.2) is 5.96 Å². The Morgan fingerprint density at radius 3 is 2.18 bits per heavy atom. The molecule has 0 unspecified atom stereocenters. The van der Waals surface area contributed by atoms with E-state index < -0.39 is 0 Å². The van der Waals surface area contributed by atoms with Gasteiger partial charge in [-0.15, -0.1) is 0 Å². The van der Waals surface area contributed by atoms with Crippen LogP contribution in [0, 0.1) is 5.82 Å². The van der Waals surface area contributed by atoms with Crippen LogP contribution < -0.4 is 21.9 Å². The number of nitrogens with zero attached hydrogens (tertiary/aromatic N) is 2. The third-order valence-corrected chi connectivity index (χ3v) is 2.64. The second-order valence-electron chi connectivity index (χ2n) is 4.42. The van der Waals surface area contributed by atoms with Gasteiger partial charge in [0, 0.05) is 0 Å². The summed E-state index contributed by atoms with van der Waals surface area (Å²) in [5.74, 6) is 0.202. The lowest BCUT2D eigenvalue weighted by Gasteiger charge is -2.06. The van der Waals surface area contributed by atoms with Crippen molar-refractivity contribution in [3.63, 3.8) is 0 Å². The van der Waals surface area contributed by atoms with E-state index in [4.69, 9.17) is 21.9 Å². The fourth-order valence-electron chi connectivity index (χ4n) is 1.65. The molecule has 2 aromatic carbocycles. The Hall–Kier alpha value is -3.09. The summed E-state index contributed by atoms with van der Waals surface area (Å²) in [5.41, 5.74) is 17.4. The molecule has 0 aliphatic carbocycles. The van der Waals surface area contributed by atoms with Crippen LogP contribution in [-0.4, -0.2) is 11.9 Å². The van der Waals surface area contributed by atoms with Crippen LogP contribution in [0.25, 0.3) is 0 Å². The monoisotopic (exact) mass is 301 g/mol. The Labute approximate surface area is 127 Å². The molecule has 0 saturated carbocycles. The average Bonchev–Trinajstić information content (AvgIpc) is 2.47. The molecule has 0 spiro atoms. The van der Waals surface area contributed by atoms with Crippen LogP contribution in [-0.2, 0) is 6.61 Å². The van der Waals surface area contributed by atoms with Gasteiger partial charge in [-0.3, -0.25) is 0 Å². The Morgan fingerprint density at radius 2 is 1.59 bits per heavy atom. The van der Waals surface area contributed by atoms with Gasteiger partial charge in [0.25, 0.3) is 0 Å². The molecule has 2 rings (SSSR count). The molecule has 0 saturated heterocycles. The van der Waals surface area contributed by atoms with E-state index >= 15 is 0 Å². The van der Waals surface area contributed by atoms with Crippen molar-refractivity contribution in [3.05, 3.63) is 59.9 Å². The summed E-state index contributed by atoms with van der Waals surface area (Å²) in [6, 6.07) is 13.0. The molecule has 7 heteroatoms. The summed E-state index contributed by atoms with van der Waals surface area (Å²) in [6.45, 7) is 0.346. The molecular weight excluding hydrogens is 285 g/mol. The minimum absolute atomic E-state index is 0.0278. The van der Waals surface area contributed by atoms with Crippen molar-refractivity contribution in [2.45, 2.75) is 6.61 Å². The third kappa shape index (κ3) is 4.78. The molecule has 22 heavy (non-hydrogen) atoms. The van der Waals surface area contributed by atoms with Crippen LogP contribution in [0.1, 0.15) is 5.56 Å². The number of aliphatic imine (C=N–C) groups is 2. The molecule has 6 N–H and O–H groups in total. The van der Waals surface area contributed by atoms with Crippen molar-refractivity contribution >= 4 is 17.6 Å². The van der Waals surface area contributed by atoms with E-state index in [0.29, 0.717) is 18.0 Å². The lowest BCUT2D eigenvalue weighted by molar-refractivity contribution is 0.306. The summed E-state index contributed by atoms with van der Waals surface area (Å²) >= 11 is 0. The Bertz CT molecular complexity index is 676. The van der Waals surface area contributed by atoms with Crippen LogP contribution in [0.2, 0.25) is 0 Å². The number of guanidine groups is 2. The van der Waals surface area contributed by atoms with Crippen LogP contribution in [0.4, 0.5) is 10.1 Å². The van der Waals surface area contributed by atoms with Gasteiger partial charge in [-0.2, -0.15) is 4.99 Å². The summed E-state index contributed by atoms with van der Waals surface area (Å²) < 4.78 is 18.4. The maximum Gasteiger partial charge on any atom is 0.223 e. The first kappa shape index (κ1) is 15.3. The molecule has 6 nitrogen and oxygen atoms in total. The lowest BCUT2D eigenvalue weighted by Crippen LogP contribution is -2.26. The first-order valence-corrected chi connectivity index (χ1v) is 6.44. The maximum atomic E-state index is 12.8. The zero-order chi connectivity index (χ0) is 15.9. The van der Waals surface area contributed by atoms with Gasteiger partial charge in [-0.05, 0) is 42.0 Å². The van der Waals surface area contributed by atoms with Gasteiger partial charge in [-0.1, -0.05) is 12.1 Å². The average molecular weight is 301 g/mol. The third-order valence-electron chi connectivity index (χ3n) is 2.64. The van der Waals surface area contributed by atoms with Crippen LogP contribution >= 0.6 is 0 Å². The van der Waals surface area contributed by atoms with E-state index in [-0.39, 0.29) is 17.7 Å². The Kier molecular flexibility index (Phi) is 4.92. The number of hydrogen-bond donors (Lipinski definition) is 3. The molecular formula is C15H16FN5O. The molecule has 0 aliphatic heterocycles. The summed E-state index contributed by atoms with van der Waals surface area (Å²) in [7, 11) is 0. The maximum absolute atomic E-state index is 12.8. The first-order chi connectivity index (χ1) is 10.5. The van der Waals surface area contributed by atoms with Crippen molar-refractivity contribution in [1.82, 2.24) is 0 Å². The smallest absolute Gasteiger partial charge is 0.223 e. The molecule has 2 aromatic rings. The molecule has 0 fully saturated rings. The number of nitrogens with two attached hydrogens (primary N) is 3. The number of rotatable bonds is 4. The van der Waals surface area contributed by atoms with E-state index in [1.165, 1.54) is 12.1 Å². The van der Waals surface area contributed by atoms with Crippen LogP contribution in [0.5, 0.6) is 5.75 Å². The zero-order valence-electron chi connectivity index (χ0n) is 11.7. The minimum atomic E-state index is -0.274. The van der Waals surface area contributed by atoms with Gasteiger partial charge in [0.2, 0.25) is 5.96 Å². The second-order valence-corrected chi connectivity index (χ2v) is 4.42. The molecule has 0 heterocycles. The lowest BCUT2D eigenvalue weighted by atomic mass is 10.2. The van der Waals surface area contributed by atoms with Gasteiger partial charge >= 0.3 is 0 Å². The predicted octanol–water partition coefficient (Wildman–Crippen LogP) is 1.62. The highest BCUT2D eigenvalue weighted by Crippen LogP contribution is 2.19. The van der Waals surface area contributed by atoms with E-state index in [9.17, 15) is 4.39 Å². The molecule has 114 valence electrons. The largest absolute Gasteiger partial charge is 0.489 e. The van der Waals surface area contributed by atoms with Crippen molar-refractivity contribution in [2.75, 3.05) is 0 Å². The van der Waals surface area contributed by atoms with Crippen molar-refractivity contribution in [2.24, 2.45) is 27.2 Å². The highest BCUT2D eigenvalue weighted by molar-refractivity contribution is 5.93. The number of halogens is 1. The fraction of sp³-hybridized carbons (Fsp3) is 0.0667. The molecule has 0 aromatic heterocycles. The number of hydrogen-bond acceptors (Lipinski definition) is 2. The van der Waals surface area contributed by atoms with Crippen molar-refractivity contribution < 1.29 is 9.13 Å². The highest BCUT2D eigenvalue weighted by atomic mass is 19.1. The summed E-state index contributed by atoms with van der Waals surface area (Å²) in [6.07, 6.45) is 0. The predicted molar refractivity (Wildman–Crippen MR) is 84.3 cm³/mol. The Balaban J connectivity index is 1.97. The summed E-state index contributed by atoms with van der Waals surface area (Å²) in [4.78, 5) is 7.63. The number of ether oxygens (including phenoxy) is 1. The van der Waals surface area contributed by atoms with Crippen LogP contribution in [0.15, 0.2) is 58.5 Å². The minimum Gasteiger partial charge on any atom is -0.489 e. The Morgan fingerprint density at radius 1 is 0.955 bits per heavy atom. The SMILES string of the molecule is NC(N)=NC(N)=Nc1ccc(OCc2ccc(F)cc2)cc1. The van der Waals surface area contributed by atoms with Crippen LogP contribution in [0.3, 0.4) is 0 Å². The van der Waals surface area contributed by atoms with E-state index in [1.54, 1.807) is 36.4 Å². The first-order valence-electron chi connectivity index (χ1n) is 6.44. The van der Waals surface area contributed by atoms with Gasteiger partial charge in [0.05, 0.1) is 5.69 Å². The molecule has 0 amide bonds. The van der Waals surface area contributed by atoms with Crippen molar-refractivity contribution in [1.29, 1.82) is 0 Å². The molecule has 0 aliphatic rings. The second kappa shape index (κ2) is 7.07. The summed E-state index contributed by atoms with van der Waals surface area (Å²) in [5, 5.41) is 0. The normalized spacial score (nSPS) is 11.0. The van der Waals surface area contributed by atoms with Crippen molar-refractivity contribution in [3.8, 4) is 5.75 Å².